The second kappa shape index (κ2) is 7.77. The zero-order valence-corrected chi connectivity index (χ0v) is 14.9. The molecule has 0 aliphatic carbocycles. The van der Waals surface area contributed by atoms with Gasteiger partial charge < -0.3 is 9.15 Å². The van der Waals surface area contributed by atoms with Gasteiger partial charge in [-0.15, -0.1) is 0 Å². The quantitative estimate of drug-likeness (QED) is 0.327. The number of nitriles is 1. The van der Waals surface area contributed by atoms with Crippen LogP contribution in [0.4, 0.5) is 5.69 Å². The van der Waals surface area contributed by atoms with Gasteiger partial charge in [0.15, 0.2) is 0 Å². The second-order valence-electron chi connectivity index (χ2n) is 5.52. The molecule has 134 valence electrons. The Labute approximate surface area is 160 Å². The van der Waals surface area contributed by atoms with E-state index in [1.807, 2.05) is 0 Å². The van der Waals surface area contributed by atoms with Crippen LogP contribution in [0, 0.1) is 21.4 Å². The number of nitro groups is 1. The normalized spacial score (nSPS) is 11.1. The molecule has 0 spiro atoms. The van der Waals surface area contributed by atoms with Gasteiger partial charge in [0.2, 0.25) is 0 Å². The molecule has 0 bridgehead atoms. The minimum absolute atomic E-state index is 0.0711. The van der Waals surface area contributed by atoms with Crippen molar-refractivity contribution in [1.29, 1.82) is 5.26 Å². The minimum atomic E-state index is -0.485. The Morgan fingerprint density at radius 2 is 1.96 bits per heavy atom. The molecule has 3 rings (SSSR count). The Hall–Kier alpha value is -3.56. The van der Waals surface area contributed by atoms with Gasteiger partial charge in [0.05, 0.1) is 29.2 Å². The number of nitrogens with zero attached hydrogens (tertiary/aromatic N) is 2. The van der Waals surface area contributed by atoms with Crippen LogP contribution < -0.4 is 4.74 Å². The third kappa shape index (κ3) is 4.00. The molecule has 3 aromatic rings. The zero-order valence-electron chi connectivity index (χ0n) is 14.2. The van der Waals surface area contributed by atoms with Crippen molar-refractivity contribution in [2.45, 2.75) is 0 Å². The van der Waals surface area contributed by atoms with E-state index in [9.17, 15) is 15.4 Å². The molecule has 2 aromatic carbocycles. The fourth-order valence-electron chi connectivity index (χ4n) is 2.53. The number of allylic oxidation sites excluding steroid dienone is 1. The lowest BCUT2D eigenvalue weighted by atomic mass is 10.1. The highest BCUT2D eigenvalue weighted by Gasteiger charge is 2.16. The van der Waals surface area contributed by atoms with E-state index in [1.54, 1.807) is 42.5 Å². The van der Waals surface area contributed by atoms with Crippen molar-refractivity contribution in [3.8, 4) is 23.1 Å². The smallest absolute Gasteiger partial charge is 0.270 e. The molecule has 7 heteroatoms. The van der Waals surface area contributed by atoms with Crippen LogP contribution in [-0.2, 0) is 0 Å². The van der Waals surface area contributed by atoms with Gasteiger partial charge in [0.1, 0.15) is 17.3 Å². The first-order chi connectivity index (χ1) is 13.0. The predicted molar refractivity (Wildman–Crippen MR) is 102 cm³/mol. The number of ether oxygens (including phenoxy) is 1. The number of hydrogen-bond donors (Lipinski definition) is 0. The van der Waals surface area contributed by atoms with Crippen molar-refractivity contribution < 1.29 is 14.1 Å². The average molecular weight is 381 g/mol. The second-order valence-corrected chi connectivity index (χ2v) is 5.96. The highest BCUT2D eigenvalue weighted by Crippen LogP contribution is 2.35. The summed E-state index contributed by atoms with van der Waals surface area (Å²) in [7, 11) is 1.47. The van der Waals surface area contributed by atoms with Crippen molar-refractivity contribution in [2.75, 3.05) is 7.11 Å². The lowest BCUT2D eigenvalue weighted by Gasteiger charge is -2.05. The first-order valence-electron chi connectivity index (χ1n) is 7.82. The van der Waals surface area contributed by atoms with E-state index in [0.29, 0.717) is 39.0 Å². The maximum atomic E-state index is 11.0. The van der Waals surface area contributed by atoms with Crippen LogP contribution in [0.1, 0.15) is 11.3 Å². The van der Waals surface area contributed by atoms with Crippen LogP contribution >= 0.6 is 11.6 Å². The molecule has 0 saturated carbocycles. The molecule has 6 nitrogen and oxygen atoms in total. The molecule has 0 fully saturated rings. The molecule has 0 amide bonds. The lowest BCUT2D eigenvalue weighted by molar-refractivity contribution is -0.384. The summed E-state index contributed by atoms with van der Waals surface area (Å²) >= 11 is 5.87. The van der Waals surface area contributed by atoms with Crippen LogP contribution in [-0.4, -0.2) is 12.0 Å². The number of furan rings is 1. The van der Waals surface area contributed by atoms with E-state index in [2.05, 4.69) is 6.07 Å². The Balaban J connectivity index is 1.99. The van der Waals surface area contributed by atoms with E-state index in [4.69, 9.17) is 20.8 Å². The van der Waals surface area contributed by atoms with Gasteiger partial charge in [0, 0.05) is 17.2 Å². The van der Waals surface area contributed by atoms with Crippen molar-refractivity contribution in [3.05, 3.63) is 81.1 Å². The molecular formula is C20H13ClN2O4. The van der Waals surface area contributed by atoms with Gasteiger partial charge in [-0.3, -0.25) is 10.1 Å². The highest BCUT2D eigenvalue weighted by atomic mass is 35.5. The van der Waals surface area contributed by atoms with Gasteiger partial charge in [-0.05, 0) is 42.0 Å². The fourth-order valence-corrected chi connectivity index (χ4v) is 2.66. The Morgan fingerprint density at radius 3 is 2.59 bits per heavy atom. The van der Waals surface area contributed by atoms with E-state index < -0.39 is 4.92 Å². The van der Waals surface area contributed by atoms with Gasteiger partial charge >= 0.3 is 0 Å². The molecule has 0 aliphatic rings. The van der Waals surface area contributed by atoms with Gasteiger partial charge in [-0.2, -0.15) is 5.26 Å². The zero-order chi connectivity index (χ0) is 19.4. The molecule has 0 saturated heterocycles. The number of rotatable bonds is 5. The SMILES string of the molecule is COc1ccc([N+](=O)[O-])cc1-c1ccc(/C=C(/C#N)c2ccc(Cl)cc2)o1. The number of nitro benzene ring substituents is 1. The molecule has 27 heavy (non-hydrogen) atoms. The van der Waals surface area contributed by atoms with Gasteiger partial charge in [-0.1, -0.05) is 23.7 Å². The summed E-state index contributed by atoms with van der Waals surface area (Å²) in [5.74, 6) is 1.28. The largest absolute Gasteiger partial charge is 0.496 e. The summed E-state index contributed by atoms with van der Waals surface area (Å²) in [6.07, 6.45) is 1.59. The summed E-state index contributed by atoms with van der Waals surface area (Å²) in [5.41, 5.74) is 1.49. The van der Waals surface area contributed by atoms with Crippen molar-refractivity contribution in [3.63, 3.8) is 0 Å². The van der Waals surface area contributed by atoms with E-state index >= 15 is 0 Å². The molecule has 1 heterocycles. The molecule has 0 atom stereocenters. The topological polar surface area (TPSA) is 89.3 Å². The maximum Gasteiger partial charge on any atom is 0.270 e. The van der Waals surface area contributed by atoms with Crippen molar-refractivity contribution >= 4 is 28.9 Å². The fraction of sp³-hybridized carbons (Fsp3) is 0.0500. The van der Waals surface area contributed by atoms with E-state index in [0.717, 1.165) is 0 Å². The summed E-state index contributed by atoms with van der Waals surface area (Å²) in [4.78, 5) is 10.5. The van der Waals surface area contributed by atoms with Gasteiger partial charge in [0.25, 0.3) is 5.69 Å². The Morgan fingerprint density at radius 1 is 1.22 bits per heavy atom. The minimum Gasteiger partial charge on any atom is -0.496 e. The van der Waals surface area contributed by atoms with Gasteiger partial charge in [-0.25, -0.2) is 0 Å². The third-order valence-electron chi connectivity index (χ3n) is 3.85. The molecule has 0 aliphatic heterocycles. The first-order valence-corrected chi connectivity index (χ1v) is 8.20. The summed E-state index contributed by atoms with van der Waals surface area (Å²) in [5, 5.41) is 21.0. The maximum absolute atomic E-state index is 11.0. The lowest BCUT2D eigenvalue weighted by Crippen LogP contribution is -1.91. The molecule has 0 unspecified atom stereocenters. The van der Waals surface area contributed by atoms with Crippen LogP contribution in [0.2, 0.25) is 5.02 Å². The highest BCUT2D eigenvalue weighted by molar-refractivity contribution is 6.30. The van der Waals surface area contributed by atoms with E-state index in [-0.39, 0.29) is 5.69 Å². The predicted octanol–water partition coefficient (Wildman–Crippen LogP) is 5.58. The number of hydrogen-bond acceptors (Lipinski definition) is 5. The summed E-state index contributed by atoms with van der Waals surface area (Å²) in [6, 6.07) is 16.6. The third-order valence-corrected chi connectivity index (χ3v) is 4.10. The summed E-state index contributed by atoms with van der Waals surface area (Å²) < 4.78 is 11.0. The molecular weight excluding hydrogens is 368 g/mol. The average Bonchev–Trinajstić information content (AvgIpc) is 3.14. The standard InChI is InChI=1S/C20H13ClN2O4/c1-26-19-8-6-16(23(24)25)11-18(19)20-9-7-17(27-20)10-14(12-22)13-2-4-15(21)5-3-13/h2-11H,1H3/b14-10-. The molecule has 0 N–H and O–H groups in total. The molecule has 0 radical (unpaired) electrons. The van der Waals surface area contributed by atoms with Crippen molar-refractivity contribution in [1.82, 2.24) is 0 Å². The first kappa shape index (κ1) is 18.2. The van der Waals surface area contributed by atoms with Crippen LogP contribution in [0.5, 0.6) is 5.75 Å². The number of halogens is 1. The Bertz CT molecular complexity index is 1060. The van der Waals surface area contributed by atoms with Crippen LogP contribution in [0.15, 0.2) is 59.0 Å². The monoisotopic (exact) mass is 380 g/mol. The molecule has 1 aromatic heterocycles. The van der Waals surface area contributed by atoms with Crippen LogP contribution in [0.3, 0.4) is 0 Å². The summed E-state index contributed by atoms with van der Waals surface area (Å²) in [6.45, 7) is 0. The number of benzene rings is 2. The number of non-ortho nitro benzene ring substituents is 1. The Kier molecular flexibility index (Phi) is 5.25. The number of methoxy groups -OCH3 is 1. The van der Waals surface area contributed by atoms with Crippen LogP contribution in [0.25, 0.3) is 23.0 Å². The van der Waals surface area contributed by atoms with Crippen molar-refractivity contribution in [2.24, 2.45) is 0 Å². The van der Waals surface area contributed by atoms with E-state index in [1.165, 1.54) is 25.3 Å².